The molecule has 4 nitrogen and oxygen atoms in total. The number of ketones is 1. The second-order valence-electron chi connectivity index (χ2n) is 16.9. The van der Waals surface area contributed by atoms with E-state index in [1.165, 1.54) is 39.4 Å². The van der Waals surface area contributed by atoms with Crippen LogP contribution >= 0.6 is 0 Å². The van der Waals surface area contributed by atoms with E-state index in [2.05, 4.69) is 131 Å². The number of aromatic nitrogens is 2. The largest absolute Gasteiger partial charge is 0.512 e. The van der Waals surface area contributed by atoms with Gasteiger partial charge in [-0.25, -0.2) is 0 Å². The molecule has 0 aliphatic carbocycles. The Hall–Kier alpha value is -4.43. The van der Waals surface area contributed by atoms with Crippen LogP contribution < -0.4 is 5.19 Å². The van der Waals surface area contributed by atoms with Crippen LogP contribution in [-0.2, 0) is 24.9 Å². The number of hydrogen-bond acceptors (Lipinski definition) is 4. The molecule has 1 atom stereocenters. The van der Waals surface area contributed by atoms with Gasteiger partial charge in [-0.2, -0.15) is 13.2 Å². The smallest absolute Gasteiger partial charge is 0.390 e. The van der Waals surface area contributed by atoms with Crippen molar-refractivity contribution in [2.45, 2.75) is 107 Å². The first-order valence-electron chi connectivity index (χ1n) is 20.4. The molecule has 60 heavy (non-hydrogen) atoms. The number of carbonyl (C=O) groups is 1. The van der Waals surface area contributed by atoms with Crippen molar-refractivity contribution in [3.63, 3.8) is 0 Å². The summed E-state index contributed by atoms with van der Waals surface area (Å²) in [7, 11) is -1.29. The minimum absolute atomic E-state index is 0. The number of rotatable bonds is 10. The predicted octanol–water partition coefficient (Wildman–Crippen LogP) is 14.0. The molecule has 9 heteroatoms. The van der Waals surface area contributed by atoms with Gasteiger partial charge in [-0.15, -0.1) is 69.8 Å². The number of pyridine rings is 2. The van der Waals surface area contributed by atoms with Crippen LogP contribution in [0, 0.1) is 51.2 Å². The molecule has 1 unspecified atom stereocenters. The Morgan fingerprint density at radius 1 is 0.800 bits per heavy atom. The van der Waals surface area contributed by atoms with Gasteiger partial charge in [0, 0.05) is 43.7 Å². The van der Waals surface area contributed by atoms with Crippen LogP contribution in [0.3, 0.4) is 0 Å². The van der Waals surface area contributed by atoms with Crippen molar-refractivity contribution in [2.75, 3.05) is 0 Å². The molecular weight excluding hydrogens is 950 g/mol. The summed E-state index contributed by atoms with van der Waals surface area (Å²) in [6, 6.07) is 36.7. The molecule has 0 saturated carbocycles. The number of alkyl halides is 3. The first-order chi connectivity index (χ1) is 27.7. The average molecular weight is 1010 g/mol. The number of aryl methyl sites for hydroxylation is 4. The topological polar surface area (TPSA) is 63.1 Å². The molecule has 0 spiro atoms. The number of allylic oxidation sites excluding steroid dienone is 2. The summed E-state index contributed by atoms with van der Waals surface area (Å²) in [5.41, 5.74) is 8.59. The van der Waals surface area contributed by atoms with Gasteiger partial charge in [0.2, 0.25) is 0 Å². The maximum Gasteiger partial charge on any atom is 0.390 e. The molecule has 0 amide bonds. The van der Waals surface area contributed by atoms with Gasteiger partial charge in [0.15, 0.2) is 5.78 Å². The zero-order valence-corrected chi connectivity index (χ0v) is 40.3. The summed E-state index contributed by atoms with van der Waals surface area (Å²) >= 11 is 0. The summed E-state index contributed by atoms with van der Waals surface area (Å²) in [6.45, 7) is 22.1. The third-order valence-corrected chi connectivity index (χ3v) is 12.8. The summed E-state index contributed by atoms with van der Waals surface area (Å²) in [6.07, 6.45) is -1.27. The van der Waals surface area contributed by atoms with Gasteiger partial charge < -0.3 is 10.1 Å². The Morgan fingerprint density at radius 3 is 1.97 bits per heavy atom. The van der Waals surface area contributed by atoms with Gasteiger partial charge in [0.1, 0.15) is 5.76 Å². The van der Waals surface area contributed by atoms with Gasteiger partial charge in [0.25, 0.3) is 0 Å². The molecule has 0 bridgehead atoms. The SMILES string of the molecule is CCC(CC)C(=O)C=C(O)C(C)(CC)CC(F)(F)F.Cc1[c-]c(-c2ccc3ccccc3n2)cc(C)c1.Cc1[c-]c(-c2nccc3cc([Si](C)(C)C)ccc23)cc(C)c1.[Ir]. The molecule has 1 radical (unpaired) electrons. The number of aliphatic hydroxyl groups excluding tert-OH is 1. The second kappa shape index (κ2) is 21.4. The Labute approximate surface area is 370 Å². The van der Waals surface area contributed by atoms with Crippen LogP contribution in [0.5, 0.6) is 0 Å². The van der Waals surface area contributed by atoms with Crippen LogP contribution in [0.2, 0.25) is 19.6 Å². The van der Waals surface area contributed by atoms with E-state index in [4.69, 9.17) is 4.98 Å². The maximum atomic E-state index is 12.5. The number of aliphatic hydroxyl groups is 1. The summed E-state index contributed by atoms with van der Waals surface area (Å²) in [5.74, 6) is -1.01. The summed E-state index contributed by atoms with van der Waals surface area (Å²) in [4.78, 5) is 21.2. The summed E-state index contributed by atoms with van der Waals surface area (Å²) in [5, 5.41) is 15.0. The zero-order chi connectivity index (χ0) is 43.7. The third-order valence-electron chi connectivity index (χ3n) is 10.7. The molecule has 2 heterocycles. The quantitative estimate of drug-likeness (QED) is 0.0643. The monoisotopic (exact) mass is 1010 g/mol. The normalized spacial score (nSPS) is 12.8. The molecule has 6 rings (SSSR count). The minimum Gasteiger partial charge on any atom is -0.512 e. The van der Waals surface area contributed by atoms with E-state index >= 15 is 0 Å². The fraction of sp³-hybridized carbons (Fsp3) is 0.353. The molecule has 0 aliphatic rings. The molecule has 4 aromatic carbocycles. The third kappa shape index (κ3) is 13.8. The van der Waals surface area contributed by atoms with Crippen LogP contribution in [0.1, 0.15) is 75.6 Å². The van der Waals surface area contributed by atoms with Crippen LogP contribution in [-0.4, -0.2) is 35.1 Å². The molecule has 321 valence electrons. The minimum atomic E-state index is -4.37. The molecule has 6 aromatic rings. The van der Waals surface area contributed by atoms with Gasteiger partial charge in [-0.3, -0.25) is 9.78 Å². The number of benzene rings is 4. The van der Waals surface area contributed by atoms with Crippen molar-refractivity contribution in [3.05, 3.63) is 137 Å². The molecule has 0 aliphatic heterocycles. The van der Waals surface area contributed by atoms with Crippen molar-refractivity contribution >= 4 is 40.7 Å². The van der Waals surface area contributed by atoms with Crippen molar-refractivity contribution in [2.24, 2.45) is 11.3 Å². The van der Waals surface area contributed by atoms with E-state index < -0.39 is 31.8 Å². The van der Waals surface area contributed by atoms with Crippen molar-refractivity contribution in [3.8, 4) is 22.5 Å². The van der Waals surface area contributed by atoms with E-state index in [0.717, 1.165) is 45.2 Å². The molecular formula is C51H59F3IrN2O2Si-2. The Kier molecular flexibility index (Phi) is 17.8. The van der Waals surface area contributed by atoms with Crippen molar-refractivity contribution in [1.82, 2.24) is 9.97 Å². The first-order valence-corrected chi connectivity index (χ1v) is 23.9. The summed E-state index contributed by atoms with van der Waals surface area (Å²) < 4.78 is 37.5. The molecule has 2 aromatic heterocycles. The van der Waals surface area contributed by atoms with E-state index in [1.54, 1.807) is 6.92 Å². The molecule has 0 saturated heterocycles. The number of carbonyl (C=O) groups excluding carboxylic acids is 1. The number of para-hydroxylation sites is 1. The maximum absolute atomic E-state index is 12.5. The van der Waals surface area contributed by atoms with Crippen molar-refractivity contribution in [1.29, 1.82) is 0 Å². The standard InChI is InChI=1S/C20H22NSi.C17H14N.C14H23F3O2.Ir/c1-14-10-15(2)12-17(11-14)20-19-7-6-18(22(3,4)5)13-16(19)8-9-21-20;1-12-9-13(2)11-15(10-12)17-8-7-14-5-3-4-6-16(14)18-17;1-5-10(6-2)11(18)8-12(19)13(4,7-3)9-14(15,16)17;/h6-11,13H,1-5H3;3-10H,1-2H3;8,10,19H,5-7,9H2,1-4H3;/q2*-1;;. The Bertz CT molecular complexity index is 2380. The number of nitrogens with zero attached hydrogens (tertiary/aromatic N) is 2. The second-order valence-corrected chi connectivity index (χ2v) is 22.0. The predicted molar refractivity (Wildman–Crippen MR) is 243 cm³/mol. The van der Waals surface area contributed by atoms with E-state index in [0.29, 0.717) is 12.8 Å². The average Bonchev–Trinajstić information content (AvgIpc) is 3.16. The van der Waals surface area contributed by atoms with Crippen LogP contribution in [0.4, 0.5) is 13.2 Å². The number of halogens is 3. The number of hydrogen-bond donors (Lipinski definition) is 1. The van der Waals surface area contributed by atoms with Gasteiger partial charge >= 0.3 is 6.18 Å². The molecule has 0 fully saturated rings. The number of fused-ring (bicyclic) bond motifs is 2. The zero-order valence-electron chi connectivity index (χ0n) is 36.9. The van der Waals surface area contributed by atoms with Gasteiger partial charge in [-0.1, -0.05) is 129 Å². The van der Waals surface area contributed by atoms with Crippen molar-refractivity contribution < 1.29 is 43.2 Å². The first kappa shape index (κ1) is 49.9. The Morgan fingerprint density at radius 2 is 1.40 bits per heavy atom. The van der Waals surface area contributed by atoms with Gasteiger partial charge in [-0.05, 0) is 58.9 Å². The van der Waals surface area contributed by atoms with Crippen LogP contribution in [0.25, 0.3) is 44.2 Å². The fourth-order valence-corrected chi connectivity index (χ4v) is 8.26. The van der Waals surface area contributed by atoms with E-state index in [9.17, 15) is 23.1 Å². The Balaban J connectivity index is 0.000000240. The molecule has 1 N–H and O–H groups in total. The van der Waals surface area contributed by atoms with Crippen LogP contribution in [0.15, 0.2) is 103 Å². The van der Waals surface area contributed by atoms with E-state index in [1.807, 2.05) is 38.2 Å². The van der Waals surface area contributed by atoms with Gasteiger partial charge in [0.05, 0.1) is 20.0 Å². The van der Waals surface area contributed by atoms with E-state index in [-0.39, 0.29) is 38.2 Å². The fourth-order valence-electron chi connectivity index (χ4n) is 7.09.